The molecular weight excluding hydrogens is 368 g/mol. The van der Waals surface area contributed by atoms with Crippen LogP contribution < -0.4 is 14.8 Å². The SMILES string of the molecule is CCOC(=O)C1Cc2cc(S(=O)(=O)NC3CCCNC3)ccc2O1.Cl. The molecule has 0 saturated carbocycles. The van der Waals surface area contributed by atoms with Crippen molar-refractivity contribution >= 4 is 28.4 Å². The van der Waals surface area contributed by atoms with E-state index in [1.54, 1.807) is 19.1 Å². The van der Waals surface area contributed by atoms with Crippen molar-refractivity contribution in [3.05, 3.63) is 23.8 Å². The highest BCUT2D eigenvalue weighted by molar-refractivity contribution is 7.89. The van der Waals surface area contributed by atoms with E-state index in [1.807, 2.05) is 0 Å². The molecule has 7 nitrogen and oxygen atoms in total. The van der Waals surface area contributed by atoms with E-state index in [4.69, 9.17) is 9.47 Å². The van der Waals surface area contributed by atoms with Gasteiger partial charge in [-0.15, -0.1) is 12.4 Å². The van der Waals surface area contributed by atoms with Crippen LogP contribution in [0.3, 0.4) is 0 Å². The number of carbonyl (C=O) groups excluding carboxylic acids is 1. The van der Waals surface area contributed by atoms with E-state index >= 15 is 0 Å². The summed E-state index contributed by atoms with van der Waals surface area (Å²) in [5.41, 5.74) is 0.706. The lowest BCUT2D eigenvalue weighted by Gasteiger charge is -2.23. The number of rotatable bonds is 5. The first-order valence-corrected chi connectivity index (χ1v) is 9.67. The zero-order chi connectivity index (χ0) is 17.2. The van der Waals surface area contributed by atoms with Crippen molar-refractivity contribution in [3.8, 4) is 5.75 Å². The Kier molecular flexibility index (Phi) is 6.67. The Morgan fingerprint density at radius 1 is 1.44 bits per heavy atom. The van der Waals surface area contributed by atoms with Crippen molar-refractivity contribution < 1.29 is 22.7 Å². The second-order valence-electron chi connectivity index (χ2n) is 6.00. The summed E-state index contributed by atoms with van der Waals surface area (Å²) in [6, 6.07) is 4.58. The highest BCUT2D eigenvalue weighted by Gasteiger charge is 2.32. The summed E-state index contributed by atoms with van der Waals surface area (Å²) in [5.74, 6) is 0.107. The van der Waals surface area contributed by atoms with Crippen molar-refractivity contribution in [3.63, 3.8) is 0 Å². The van der Waals surface area contributed by atoms with Gasteiger partial charge in [0.2, 0.25) is 10.0 Å². The molecule has 0 aliphatic carbocycles. The van der Waals surface area contributed by atoms with Crippen LogP contribution in [0.15, 0.2) is 23.1 Å². The third-order valence-electron chi connectivity index (χ3n) is 4.18. The van der Waals surface area contributed by atoms with Gasteiger partial charge in [0.05, 0.1) is 11.5 Å². The monoisotopic (exact) mass is 390 g/mol. The minimum atomic E-state index is -3.59. The largest absolute Gasteiger partial charge is 0.478 e. The molecule has 2 aliphatic rings. The molecule has 1 aromatic rings. The Bertz CT molecular complexity index is 719. The van der Waals surface area contributed by atoms with Crippen molar-refractivity contribution in [1.82, 2.24) is 10.0 Å². The van der Waals surface area contributed by atoms with E-state index in [2.05, 4.69) is 10.0 Å². The summed E-state index contributed by atoms with van der Waals surface area (Å²) in [6.45, 7) is 3.58. The smallest absolute Gasteiger partial charge is 0.347 e. The number of halogens is 1. The first-order chi connectivity index (χ1) is 11.5. The number of hydrogen-bond donors (Lipinski definition) is 2. The van der Waals surface area contributed by atoms with E-state index in [0.717, 1.165) is 19.4 Å². The average Bonchev–Trinajstić information content (AvgIpc) is 2.99. The maximum atomic E-state index is 12.5. The summed E-state index contributed by atoms with van der Waals surface area (Å²) in [5, 5.41) is 3.18. The van der Waals surface area contributed by atoms with Gasteiger partial charge in [-0.1, -0.05) is 0 Å². The molecule has 140 valence electrons. The lowest BCUT2D eigenvalue weighted by Crippen LogP contribution is -2.45. The molecule has 0 radical (unpaired) electrons. The predicted molar refractivity (Wildman–Crippen MR) is 94.7 cm³/mol. The first kappa shape index (κ1) is 20.0. The number of ether oxygens (including phenoxy) is 2. The molecule has 0 amide bonds. The van der Waals surface area contributed by atoms with Crippen molar-refractivity contribution in [1.29, 1.82) is 0 Å². The molecule has 25 heavy (non-hydrogen) atoms. The molecule has 2 aliphatic heterocycles. The van der Waals surface area contributed by atoms with Gasteiger partial charge >= 0.3 is 5.97 Å². The molecule has 0 bridgehead atoms. The number of esters is 1. The Labute approximate surface area is 153 Å². The van der Waals surface area contributed by atoms with Crippen LogP contribution in [-0.2, 0) is 26.0 Å². The summed E-state index contributed by atoms with van der Waals surface area (Å²) >= 11 is 0. The number of carbonyl (C=O) groups is 1. The molecule has 3 rings (SSSR count). The van der Waals surface area contributed by atoms with Gasteiger partial charge in [0, 0.05) is 19.0 Å². The normalized spacial score (nSPS) is 22.4. The van der Waals surface area contributed by atoms with Crippen LogP contribution in [0.2, 0.25) is 0 Å². The van der Waals surface area contributed by atoms with E-state index in [9.17, 15) is 13.2 Å². The molecular formula is C16H23ClN2O5S. The maximum absolute atomic E-state index is 12.5. The zero-order valence-corrected chi connectivity index (χ0v) is 15.6. The fourth-order valence-electron chi connectivity index (χ4n) is 3.00. The molecule has 1 saturated heterocycles. The highest BCUT2D eigenvalue weighted by atomic mass is 35.5. The van der Waals surface area contributed by atoms with E-state index < -0.39 is 22.1 Å². The van der Waals surface area contributed by atoms with E-state index in [1.165, 1.54) is 6.07 Å². The molecule has 1 aromatic carbocycles. The van der Waals surface area contributed by atoms with Crippen LogP contribution in [0.1, 0.15) is 25.3 Å². The minimum Gasteiger partial charge on any atom is -0.478 e. The number of nitrogens with one attached hydrogen (secondary N) is 2. The van der Waals surface area contributed by atoms with Gasteiger partial charge in [0.15, 0.2) is 6.10 Å². The second-order valence-corrected chi connectivity index (χ2v) is 7.71. The first-order valence-electron chi connectivity index (χ1n) is 8.19. The molecule has 0 aromatic heterocycles. The molecule has 1 fully saturated rings. The van der Waals surface area contributed by atoms with Crippen LogP contribution in [0.4, 0.5) is 0 Å². The van der Waals surface area contributed by atoms with Crippen LogP contribution in [-0.4, -0.2) is 46.2 Å². The number of benzene rings is 1. The molecule has 2 atom stereocenters. The van der Waals surface area contributed by atoms with Gasteiger partial charge in [0.1, 0.15) is 5.75 Å². The molecule has 2 heterocycles. The number of piperidine rings is 1. The number of fused-ring (bicyclic) bond motifs is 1. The Morgan fingerprint density at radius 3 is 2.92 bits per heavy atom. The number of hydrogen-bond acceptors (Lipinski definition) is 6. The molecule has 0 spiro atoms. The third-order valence-corrected chi connectivity index (χ3v) is 5.70. The Balaban J connectivity index is 0.00000225. The summed E-state index contributed by atoms with van der Waals surface area (Å²) in [6.07, 6.45) is 1.40. The summed E-state index contributed by atoms with van der Waals surface area (Å²) in [4.78, 5) is 12.0. The second kappa shape index (κ2) is 8.35. The van der Waals surface area contributed by atoms with Gasteiger partial charge < -0.3 is 14.8 Å². The van der Waals surface area contributed by atoms with Crippen molar-refractivity contribution in [2.45, 2.75) is 43.2 Å². The Morgan fingerprint density at radius 2 is 2.24 bits per heavy atom. The van der Waals surface area contributed by atoms with Gasteiger partial charge in [-0.2, -0.15) is 0 Å². The molecule has 2 unspecified atom stereocenters. The van der Waals surface area contributed by atoms with E-state index in [-0.39, 0.29) is 30.0 Å². The van der Waals surface area contributed by atoms with E-state index in [0.29, 0.717) is 24.3 Å². The molecule has 9 heteroatoms. The minimum absolute atomic E-state index is 0. The lowest BCUT2D eigenvalue weighted by atomic mass is 10.1. The Hall–Kier alpha value is -1.35. The fraction of sp³-hybridized carbons (Fsp3) is 0.562. The van der Waals surface area contributed by atoms with Gasteiger partial charge in [-0.3, -0.25) is 0 Å². The predicted octanol–water partition coefficient (Wildman–Crippen LogP) is 1.01. The molecule has 2 N–H and O–H groups in total. The highest BCUT2D eigenvalue weighted by Crippen LogP contribution is 2.31. The van der Waals surface area contributed by atoms with Gasteiger partial charge in [0.25, 0.3) is 0 Å². The average molecular weight is 391 g/mol. The van der Waals surface area contributed by atoms with Gasteiger partial charge in [-0.05, 0) is 50.1 Å². The van der Waals surface area contributed by atoms with Crippen molar-refractivity contribution in [2.75, 3.05) is 19.7 Å². The fourth-order valence-corrected chi connectivity index (χ4v) is 4.32. The summed E-state index contributed by atoms with van der Waals surface area (Å²) < 4.78 is 38.3. The third kappa shape index (κ3) is 4.63. The van der Waals surface area contributed by atoms with Crippen LogP contribution in [0.5, 0.6) is 5.75 Å². The topological polar surface area (TPSA) is 93.7 Å². The quantitative estimate of drug-likeness (QED) is 0.729. The van der Waals surface area contributed by atoms with Crippen molar-refractivity contribution in [2.24, 2.45) is 0 Å². The van der Waals surface area contributed by atoms with Gasteiger partial charge in [-0.25, -0.2) is 17.9 Å². The number of sulfonamides is 1. The zero-order valence-electron chi connectivity index (χ0n) is 14.0. The van der Waals surface area contributed by atoms with Crippen LogP contribution >= 0.6 is 12.4 Å². The summed E-state index contributed by atoms with van der Waals surface area (Å²) in [7, 11) is -3.59. The lowest BCUT2D eigenvalue weighted by molar-refractivity contribution is -0.150. The van der Waals surface area contributed by atoms with Crippen LogP contribution in [0.25, 0.3) is 0 Å². The maximum Gasteiger partial charge on any atom is 0.347 e. The van der Waals surface area contributed by atoms with Crippen LogP contribution in [0, 0.1) is 0 Å². The standard InChI is InChI=1S/C16H22N2O5S.ClH/c1-2-22-16(19)15-9-11-8-13(5-6-14(11)23-15)24(20,21)18-12-4-3-7-17-10-12;/h5-6,8,12,15,17-18H,2-4,7,9-10H2,1H3;1H.